The number of carbonyl (C=O) groups is 1. The van der Waals surface area contributed by atoms with Gasteiger partial charge in [0, 0.05) is 19.2 Å². The minimum Gasteiger partial charge on any atom is -0.493 e. The number of fused-ring (bicyclic) bond motifs is 3. The Kier molecular flexibility index (Phi) is 5.18. The van der Waals surface area contributed by atoms with Crippen LogP contribution in [0.3, 0.4) is 0 Å². The van der Waals surface area contributed by atoms with E-state index in [1.165, 1.54) is 0 Å². The molecule has 1 aliphatic carbocycles. The van der Waals surface area contributed by atoms with Crippen LogP contribution in [0.5, 0.6) is 11.5 Å². The molecule has 0 spiro atoms. The van der Waals surface area contributed by atoms with Crippen molar-refractivity contribution in [2.45, 2.75) is 46.3 Å². The second-order valence-corrected chi connectivity index (χ2v) is 8.90. The average molecular weight is 412 g/mol. The predicted octanol–water partition coefficient (Wildman–Crippen LogP) is 4.37. The molecule has 0 radical (unpaired) electrons. The Morgan fingerprint density at radius 2 is 1.90 bits per heavy atom. The minimum absolute atomic E-state index is 0.0294. The monoisotopic (exact) mass is 411 g/mol. The third kappa shape index (κ3) is 3.31. The standard InChI is InChI=1S/C23H29N3O4/c1-13-20-16(10-23(2,3)11-17(20)27)26-22(24-13)21(15(25-26)12-28-4)14-7-8-18(29-5)19(9-14)30-6/h7-9,16,20H,10-12H2,1-6H3. The first kappa shape index (κ1) is 20.6. The molecular formula is C23H29N3O4. The Hall–Kier alpha value is -2.67. The molecule has 0 amide bonds. The van der Waals surface area contributed by atoms with Gasteiger partial charge in [0.05, 0.1) is 44.0 Å². The Bertz CT molecular complexity index is 1020. The van der Waals surface area contributed by atoms with Gasteiger partial charge in [-0.2, -0.15) is 5.10 Å². The van der Waals surface area contributed by atoms with Crippen molar-refractivity contribution in [3.05, 3.63) is 23.9 Å². The van der Waals surface area contributed by atoms with Crippen LogP contribution >= 0.6 is 0 Å². The number of hydrogen-bond donors (Lipinski definition) is 0. The van der Waals surface area contributed by atoms with Crippen LogP contribution in [0, 0.1) is 11.3 Å². The zero-order chi connectivity index (χ0) is 21.6. The van der Waals surface area contributed by atoms with Crippen molar-refractivity contribution in [1.29, 1.82) is 0 Å². The van der Waals surface area contributed by atoms with Crippen molar-refractivity contribution >= 4 is 17.3 Å². The summed E-state index contributed by atoms with van der Waals surface area (Å²) < 4.78 is 18.3. The molecule has 2 atom stereocenters. The Morgan fingerprint density at radius 3 is 2.57 bits per heavy atom. The van der Waals surface area contributed by atoms with E-state index in [9.17, 15) is 4.79 Å². The van der Waals surface area contributed by atoms with Crippen LogP contribution < -0.4 is 9.47 Å². The molecule has 0 saturated heterocycles. The number of Topliss-reactive ketones (excluding diaryl/α,β-unsaturated/α-hetero) is 1. The fourth-order valence-corrected chi connectivity index (χ4v) is 4.86. The van der Waals surface area contributed by atoms with E-state index in [1.54, 1.807) is 21.3 Å². The molecule has 1 aromatic heterocycles. The van der Waals surface area contributed by atoms with Gasteiger partial charge in [-0.1, -0.05) is 19.9 Å². The highest BCUT2D eigenvalue weighted by atomic mass is 16.5. The van der Waals surface area contributed by atoms with E-state index in [-0.39, 0.29) is 23.2 Å². The molecule has 1 aromatic carbocycles. The number of hydrogen-bond acceptors (Lipinski definition) is 6. The van der Waals surface area contributed by atoms with Crippen molar-refractivity contribution < 1.29 is 19.0 Å². The highest BCUT2D eigenvalue weighted by Crippen LogP contribution is 2.49. The molecule has 0 N–H and O–H groups in total. The van der Waals surface area contributed by atoms with E-state index in [0.717, 1.165) is 34.8 Å². The summed E-state index contributed by atoms with van der Waals surface area (Å²) in [5, 5.41) is 4.89. The zero-order valence-corrected chi connectivity index (χ0v) is 18.5. The first-order chi connectivity index (χ1) is 14.3. The zero-order valence-electron chi connectivity index (χ0n) is 18.5. The number of ether oxygens (including phenoxy) is 3. The van der Waals surface area contributed by atoms with Crippen LogP contribution in [0.1, 0.15) is 45.3 Å². The summed E-state index contributed by atoms with van der Waals surface area (Å²) in [7, 11) is 4.89. The number of carbonyl (C=O) groups excluding carboxylic acids is 1. The molecule has 1 saturated carbocycles. The van der Waals surface area contributed by atoms with Gasteiger partial charge >= 0.3 is 0 Å². The van der Waals surface area contributed by atoms with Crippen LogP contribution in [0.4, 0.5) is 5.82 Å². The highest BCUT2D eigenvalue weighted by Gasteiger charge is 2.46. The lowest BCUT2D eigenvalue weighted by molar-refractivity contribution is -0.127. The molecule has 7 nitrogen and oxygen atoms in total. The summed E-state index contributed by atoms with van der Waals surface area (Å²) in [4.78, 5) is 17.8. The molecule has 2 aromatic rings. The summed E-state index contributed by atoms with van der Waals surface area (Å²) in [6, 6.07) is 5.76. The van der Waals surface area contributed by atoms with Crippen molar-refractivity contribution in [2.24, 2.45) is 16.3 Å². The molecule has 1 fully saturated rings. The predicted molar refractivity (Wildman–Crippen MR) is 115 cm³/mol. The number of aromatic nitrogens is 2. The minimum atomic E-state index is -0.209. The summed E-state index contributed by atoms with van der Waals surface area (Å²) in [5.41, 5.74) is 3.43. The van der Waals surface area contributed by atoms with E-state index in [4.69, 9.17) is 24.3 Å². The summed E-state index contributed by atoms with van der Waals surface area (Å²) in [6.45, 7) is 6.61. The quantitative estimate of drug-likeness (QED) is 0.730. The molecule has 7 heteroatoms. The lowest BCUT2D eigenvalue weighted by Gasteiger charge is -2.41. The molecule has 1 aliphatic heterocycles. The summed E-state index contributed by atoms with van der Waals surface area (Å²) in [6.07, 6.45) is 1.45. The van der Waals surface area contributed by atoms with Crippen molar-refractivity contribution in [3.8, 4) is 22.6 Å². The van der Waals surface area contributed by atoms with Crippen LogP contribution in [0.15, 0.2) is 23.2 Å². The van der Waals surface area contributed by atoms with Crippen LogP contribution in [-0.4, -0.2) is 42.6 Å². The number of aliphatic imine (C=N–C) groups is 1. The maximum Gasteiger partial charge on any atom is 0.161 e. The molecule has 0 bridgehead atoms. The van der Waals surface area contributed by atoms with Gasteiger partial charge in [-0.05, 0) is 36.5 Å². The maximum atomic E-state index is 12.9. The number of rotatable bonds is 5. The largest absolute Gasteiger partial charge is 0.493 e. The lowest BCUT2D eigenvalue weighted by atomic mass is 9.68. The van der Waals surface area contributed by atoms with Gasteiger partial charge in [-0.25, -0.2) is 9.67 Å². The van der Waals surface area contributed by atoms with Crippen molar-refractivity contribution in [1.82, 2.24) is 9.78 Å². The van der Waals surface area contributed by atoms with Gasteiger partial charge in [0.1, 0.15) is 5.78 Å². The maximum absolute atomic E-state index is 12.9. The Morgan fingerprint density at radius 1 is 1.17 bits per heavy atom. The SMILES string of the molecule is COCc1nn2c(c1-c1ccc(OC)c(OC)c1)N=C(C)C1C(=O)CC(C)(C)CC12. The third-order valence-electron chi connectivity index (χ3n) is 6.10. The van der Waals surface area contributed by atoms with E-state index in [2.05, 4.69) is 13.8 Å². The Balaban J connectivity index is 1.91. The number of ketones is 1. The topological polar surface area (TPSA) is 74.9 Å². The first-order valence-electron chi connectivity index (χ1n) is 10.2. The van der Waals surface area contributed by atoms with Crippen LogP contribution in [0.2, 0.25) is 0 Å². The number of methoxy groups -OCH3 is 3. The smallest absolute Gasteiger partial charge is 0.161 e. The average Bonchev–Trinajstić information content (AvgIpc) is 3.04. The van der Waals surface area contributed by atoms with E-state index in [0.29, 0.717) is 24.5 Å². The normalized spacial score (nSPS) is 22.2. The molecule has 2 aliphatic rings. The number of benzene rings is 1. The summed E-state index contributed by atoms with van der Waals surface area (Å²) >= 11 is 0. The van der Waals surface area contributed by atoms with Crippen LogP contribution in [0.25, 0.3) is 11.1 Å². The Labute approximate surface area is 177 Å². The summed E-state index contributed by atoms with van der Waals surface area (Å²) in [5.74, 6) is 2.12. The second-order valence-electron chi connectivity index (χ2n) is 8.90. The highest BCUT2D eigenvalue weighted by molar-refractivity contribution is 6.07. The van der Waals surface area contributed by atoms with Gasteiger partial charge in [0.2, 0.25) is 0 Å². The molecule has 2 unspecified atom stereocenters. The second kappa shape index (κ2) is 7.54. The van der Waals surface area contributed by atoms with Crippen molar-refractivity contribution in [3.63, 3.8) is 0 Å². The van der Waals surface area contributed by atoms with E-state index < -0.39 is 0 Å². The fraction of sp³-hybridized carbons (Fsp3) is 0.522. The fourth-order valence-electron chi connectivity index (χ4n) is 4.86. The molecular weight excluding hydrogens is 382 g/mol. The molecule has 160 valence electrons. The van der Waals surface area contributed by atoms with Gasteiger partial charge in [-0.15, -0.1) is 0 Å². The van der Waals surface area contributed by atoms with Gasteiger partial charge in [0.15, 0.2) is 17.3 Å². The van der Waals surface area contributed by atoms with Crippen molar-refractivity contribution in [2.75, 3.05) is 21.3 Å². The van der Waals surface area contributed by atoms with E-state index >= 15 is 0 Å². The number of nitrogens with zero attached hydrogens (tertiary/aromatic N) is 3. The molecule has 4 rings (SSSR count). The van der Waals surface area contributed by atoms with Gasteiger partial charge < -0.3 is 14.2 Å². The lowest BCUT2D eigenvalue weighted by Crippen LogP contribution is -2.43. The van der Waals surface area contributed by atoms with Gasteiger partial charge in [-0.3, -0.25) is 4.79 Å². The van der Waals surface area contributed by atoms with Gasteiger partial charge in [0.25, 0.3) is 0 Å². The molecule has 30 heavy (non-hydrogen) atoms. The van der Waals surface area contributed by atoms with Crippen LogP contribution in [-0.2, 0) is 16.1 Å². The van der Waals surface area contributed by atoms with E-state index in [1.807, 2.05) is 29.8 Å². The third-order valence-corrected chi connectivity index (χ3v) is 6.10. The first-order valence-corrected chi connectivity index (χ1v) is 10.2. The molecule has 2 heterocycles.